The van der Waals surface area contributed by atoms with Crippen molar-refractivity contribution in [1.29, 1.82) is 0 Å². The molecule has 1 fully saturated rings. The summed E-state index contributed by atoms with van der Waals surface area (Å²) < 4.78 is 3.75. The first-order valence-electron chi connectivity index (χ1n) is 9.74. The van der Waals surface area contributed by atoms with Crippen LogP contribution in [-0.4, -0.2) is 54.5 Å². The van der Waals surface area contributed by atoms with Crippen molar-refractivity contribution in [2.24, 2.45) is 0 Å². The Balaban J connectivity index is 1.73. The number of nitrogens with zero attached hydrogens (tertiary/aromatic N) is 1. The Morgan fingerprint density at radius 3 is 2.68 bits per heavy atom. The van der Waals surface area contributed by atoms with Gasteiger partial charge in [-0.25, -0.2) is 0 Å². The molecule has 0 bridgehead atoms. The lowest BCUT2D eigenvalue weighted by Crippen LogP contribution is -2.41. The summed E-state index contributed by atoms with van der Waals surface area (Å²) in [6.45, 7) is -0.303. The topological polar surface area (TPSA) is 66.8 Å². The first-order chi connectivity index (χ1) is 14.7. The van der Waals surface area contributed by atoms with Crippen molar-refractivity contribution in [3.8, 4) is 0 Å². The van der Waals surface area contributed by atoms with Gasteiger partial charge in [0.1, 0.15) is 10.9 Å². The van der Waals surface area contributed by atoms with E-state index in [1.165, 1.54) is 11.8 Å². The van der Waals surface area contributed by atoms with Crippen LogP contribution < -0.4 is 0 Å². The lowest BCUT2D eigenvalue weighted by molar-refractivity contribution is -0.143. The number of benzene rings is 1. The van der Waals surface area contributed by atoms with Crippen LogP contribution in [0.5, 0.6) is 0 Å². The zero-order valence-electron chi connectivity index (χ0n) is 16.7. The highest BCUT2D eigenvalue weighted by Crippen LogP contribution is 2.28. The molecule has 0 aromatic heterocycles. The van der Waals surface area contributed by atoms with Gasteiger partial charge in [0.15, 0.2) is 0 Å². The predicted octanol–water partition coefficient (Wildman–Crippen LogP) is 4.85. The van der Waals surface area contributed by atoms with Crippen LogP contribution in [0.1, 0.15) is 31.2 Å². The molecule has 5 nitrogen and oxygen atoms in total. The number of ether oxygens (including phenoxy) is 1. The lowest BCUT2D eigenvalue weighted by Gasteiger charge is -2.24. The molecule has 170 valence electrons. The number of thiocarbonyl (C=S) groups is 1. The number of rotatable bonds is 10. The highest BCUT2D eigenvalue weighted by Gasteiger charge is 2.34. The second kappa shape index (κ2) is 13.0. The molecular formula is C21H24Cl3NO4S2. The van der Waals surface area contributed by atoms with E-state index < -0.39 is 15.9 Å². The van der Waals surface area contributed by atoms with Crippen LogP contribution in [0.2, 0.25) is 0 Å². The summed E-state index contributed by atoms with van der Waals surface area (Å²) in [6, 6.07) is 9.95. The molecule has 10 heteroatoms. The van der Waals surface area contributed by atoms with Gasteiger partial charge in [0.25, 0.3) is 0 Å². The summed E-state index contributed by atoms with van der Waals surface area (Å²) in [5.41, 5.74) is 1.14. The molecule has 2 atom stereocenters. The standard InChI is InChI=1S/C21H24Cl3NO4S2/c22-21(23,24)14-29-19(28)10-6-2-5-9-17(26)12-18(27)25-16(13-31-20(25)30)11-15-7-3-1-4-8-15/h1-5,7-8,16-17,26H,6,9-14H2/b5-2-/t16-,17-/m1/s1. The van der Waals surface area contributed by atoms with Crippen LogP contribution in [-0.2, 0) is 20.7 Å². The first-order valence-corrected chi connectivity index (χ1v) is 12.3. The Kier molecular flexibility index (Phi) is 11.1. The van der Waals surface area contributed by atoms with Gasteiger partial charge < -0.3 is 9.84 Å². The molecule has 2 rings (SSSR count). The number of amides is 1. The number of alkyl halides is 3. The molecule has 1 N–H and O–H groups in total. The highest BCUT2D eigenvalue weighted by atomic mass is 35.6. The largest absolute Gasteiger partial charge is 0.461 e. The summed E-state index contributed by atoms with van der Waals surface area (Å²) in [4.78, 5) is 25.9. The van der Waals surface area contributed by atoms with Crippen molar-refractivity contribution in [2.75, 3.05) is 12.4 Å². The van der Waals surface area contributed by atoms with Gasteiger partial charge in [-0.2, -0.15) is 0 Å². The Bertz CT molecular complexity index is 787. The Morgan fingerprint density at radius 1 is 1.29 bits per heavy atom. The smallest absolute Gasteiger partial charge is 0.306 e. The maximum Gasteiger partial charge on any atom is 0.306 e. The maximum atomic E-state index is 12.7. The van der Waals surface area contributed by atoms with E-state index in [0.29, 0.717) is 17.2 Å². The van der Waals surface area contributed by atoms with Crippen LogP contribution in [0.15, 0.2) is 42.5 Å². The maximum absolute atomic E-state index is 12.7. The van der Waals surface area contributed by atoms with E-state index in [4.69, 9.17) is 51.8 Å². The number of carbonyl (C=O) groups is 2. The Morgan fingerprint density at radius 2 is 2.00 bits per heavy atom. The second-order valence-corrected chi connectivity index (χ2v) is 11.2. The molecule has 1 heterocycles. The molecule has 1 aliphatic rings. The zero-order valence-corrected chi connectivity index (χ0v) is 20.6. The molecule has 1 aromatic rings. The Labute approximate surface area is 207 Å². The molecule has 0 unspecified atom stereocenters. The van der Waals surface area contributed by atoms with Gasteiger partial charge in [-0.3, -0.25) is 14.5 Å². The van der Waals surface area contributed by atoms with Crippen LogP contribution in [0, 0.1) is 0 Å². The minimum atomic E-state index is -1.63. The van der Waals surface area contributed by atoms with E-state index in [9.17, 15) is 14.7 Å². The van der Waals surface area contributed by atoms with Crippen molar-refractivity contribution in [1.82, 2.24) is 4.90 Å². The number of hydrogen-bond donors (Lipinski definition) is 1. The second-order valence-electron chi connectivity index (χ2n) is 7.06. The fourth-order valence-electron chi connectivity index (χ4n) is 2.99. The van der Waals surface area contributed by atoms with Gasteiger partial charge in [-0.15, -0.1) is 0 Å². The summed E-state index contributed by atoms with van der Waals surface area (Å²) in [6.07, 6.45) is 4.22. The van der Waals surface area contributed by atoms with E-state index >= 15 is 0 Å². The number of aliphatic hydroxyl groups is 1. The number of hydrogen-bond acceptors (Lipinski definition) is 6. The van der Waals surface area contributed by atoms with Gasteiger partial charge in [0, 0.05) is 12.2 Å². The van der Waals surface area contributed by atoms with E-state index in [0.717, 1.165) is 17.7 Å². The number of allylic oxidation sites excluding steroid dienone is 1. The normalized spacial score (nSPS) is 17.9. The van der Waals surface area contributed by atoms with Gasteiger partial charge in [-0.1, -0.05) is 101 Å². The van der Waals surface area contributed by atoms with Crippen LogP contribution >= 0.6 is 58.8 Å². The fraction of sp³-hybridized carbons (Fsp3) is 0.476. The van der Waals surface area contributed by atoms with Crippen molar-refractivity contribution in [3.05, 3.63) is 48.0 Å². The van der Waals surface area contributed by atoms with E-state index in [2.05, 4.69) is 0 Å². The molecule has 31 heavy (non-hydrogen) atoms. The SMILES string of the molecule is O=C(CC/C=C\C[C@@H](O)CC(=O)N1C(=S)SC[C@H]1Cc1ccccc1)OCC(Cl)(Cl)Cl. The summed E-state index contributed by atoms with van der Waals surface area (Å²) >= 11 is 23.4. The third-order valence-electron chi connectivity index (χ3n) is 4.44. The Hall–Kier alpha value is -0.830. The number of halogens is 3. The molecule has 0 spiro atoms. The predicted molar refractivity (Wildman–Crippen MR) is 131 cm³/mol. The fourth-order valence-corrected chi connectivity index (χ4v) is 4.60. The molecule has 0 saturated carbocycles. The van der Waals surface area contributed by atoms with Crippen molar-refractivity contribution in [3.63, 3.8) is 0 Å². The third kappa shape index (κ3) is 10.1. The lowest BCUT2D eigenvalue weighted by atomic mass is 10.1. The quantitative estimate of drug-likeness (QED) is 0.204. The van der Waals surface area contributed by atoms with Gasteiger partial charge >= 0.3 is 5.97 Å². The monoisotopic (exact) mass is 523 g/mol. The van der Waals surface area contributed by atoms with Crippen LogP contribution in [0.25, 0.3) is 0 Å². The molecule has 1 saturated heterocycles. The van der Waals surface area contributed by atoms with Crippen LogP contribution in [0.4, 0.5) is 0 Å². The minimum Gasteiger partial charge on any atom is -0.461 e. The zero-order chi connectivity index (χ0) is 22.9. The molecule has 1 aromatic carbocycles. The summed E-state index contributed by atoms with van der Waals surface area (Å²) in [7, 11) is 0. The summed E-state index contributed by atoms with van der Waals surface area (Å²) in [5, 5.41) is 10.2. The average molecular weight is 525 g/mol. The number of carbonyl (C=O) groups excluding carboxylic acids is 2. The molecule has 1 aliphatic heterocycles. The molecule has 0 aliphatic carbocycles. The highest BCUT2D eigenvalue weighted by molar-refractivity contribution is 8.23. The van der Waals surface area contributed by atoms with Gasteiger partial charge in [-0.05, 0) is 24.8 Å². The molecule has 0 radical (unpaired) electrons. The minimum absolute atomic E-state index is 0.00569. The van der Waals surface area contributed by atoms with Crippen molar-refractivity contribution in [2.45, 2.75) is 48.0 Å². The van der Waals surface area contributed by atoms with Crippen molar-refractivity contribution < 1.29 is 19.4 Å². The van der Waals surface area contributed by atoms with E-state index in [1.807, 2.05) is 30.3 Å². The van der Waals surface area contributed by atoms with Crippen molar-refractivity contribution >= 4 is 75.0 Å². The number of esters is 1. The first kappa shape index (κ1) is 26.4. The number of aliphatic hydroxyl groups excluding tert-OH is 1. The van der Waals surface area contributed by atoms with Gasteiger partial charge in [0.2, 0.25) is 9.70 Å². The molecule has 1 amide bonds. The van der Waals surface area contributed by atoms with Crippen LogP contribution in [0.3, 0.4) is 0 Å². The number of thioether (sulfide) groups is 1. The van der Waals surface area contributed by atoms with Gasteiger partial charge in [0.05, 0.1) is 18.6 Å². The average Bonchev–Trinajstić information content (AvgIpc) is 3.06. The van der Waals surface area contributed by atoms with E-state index in [-0.39, 0.29) is 31.4 Å². The molecular weight excluding hydrogens is 501 g/mol. The summed E-state index contributed by atoms with van der Waals surface area (Å²) in [5.74, 6) is 0.104. The third-order valence-corrected chi connectivity index (χ3v) is 6.31. The van der Waals surface area contributed by atoms with E-state index in [1.54, 1.807) is 17.1 Å².